The molecule has 0 fully saturated rings. The normalized spacial score (nSPS) is 14.8. The van der Waals surface area contributed by atoms with Gasteiger partial charge < -0.3 is 5.73 Å². The average molecular weight is 258 g/mol. The zero-order chi connectivity index (χ0) is 12.0. The van der Waals surface area contributed by atoms with Crippen molar-refractivity contribution < 1.29 is 0 Å². The van der Waals surface area contributed by atoms with Crippen molar-refractivity contribution in [3.05, 3.63) is 34.9 Å². The van der Waals surface area contributed by atoms with Gasteiger partial charge in [0.1, 0.15) is 0 Å². The largest absolute Gasteiger partial charge is 0.326 e. The molecule has 1 rings (SSSR count). The van der Waals surface area contributed by atoms with E-state index in [2.05, 4.69) is 26.0 Å². The molecule has 1 nitrogen and oxygen atoms in total. The Bertz CT molecular complexity index is 299. The van der Waals surface area contributed by atoms with E-state index in [0.29, 0.717) is 5.25 Å². The summed E-state index contributed by atoms with van der Waals surface area (Å²) in [5.74, 6) is 1.15. The maximum atomic E-state index is 6.17. The van der Waals surface area contributed by atoms with Gasteiger partial charge in [-0.3, -0.25) is 0 Å². The molecule has 0 saturated carbocycles. The van der Waals surface area contributed by atoms with Crippen molar-refractivity contribution in [1.29, 1.82) is 0 Å². The first-order valence-corrected chi connectivity index (χ1v) is 7.24. The average Bonchev–Trinajstić information content (AvgIpc) is 2.31. The minimum atomic E-state index is 0.220. The van der Waals surface area contributed by atoms with Crippen LogP contribution in [0.3, 0.4) is 0 Å². The molecule has 2 N–H and O–H groups in total. The summed E-state index contributed by atoms with van der Waals surface area (Å²) < 4.78 is 0. The minimum Gasteiger partial charge on any atom is -0.326 e. The molecule has 3 heteroatoms. The fraction of sp³-hybridized carbons (Fsp3) is 0.538. The van der Waals surface area contributed by atoms with Gasteiger partial charge in [0.25, 0.3) is 0 Å². The van der Waals surface area contributed by atoms with Crippen molar-refractivity contribution in [2.75, 3.05) is 5.75 Å². The Hall–Kier alpha value is -0.180. The molecule has 0 saturated heterocycles. The van der Waals surface area contributed by atoms with E-state index < -0.39 is 0 Å². The molecule has 0 spiro atoms. The molecular weight excluding hydrogens is 238 g/mol. The quantitative estimate of drug-likeness (QED) is 0.824. The van der Waals surface area contributed by atoms with Gasteiger partial charge in [0.15, 0.2) is 0 Å². The number of nitrogens with two attached hydrogens (primary N) is 1. The third-order valence-electron chi connectivity index (χ3n) is 2.56. The Morgan fingerprint density at radius 1 is 1.25 bits per heavy atom. The van der Waals surface area contributed by atoms with Gasteiger partial charge in [-0.2, -0.15) is 11.8 Å². The lowest BCUT2D eigenvalue weighted by molar-refractivity contribution is 0.634. The highest BCUT2D eigenvalue weighted by Crippen LogP contribution is 2.33. The van der Waals surface area contributed by atoms with Crippen LogP contribution < -0.4 is 5.73 Å². The Balaban J connectivity index is 2.78. The van der Waals surface area contributed by atoms with E-state index in [9.17, 15) is 0 Å². The van der Waals surface area contributed by atoms with Crippen molar-refractivity contribution >= 4 is 23.4 Å². The molecule has 0 amide bonds. The molecule has 0 aromatic heterocycles. The molecule has 16 heavy (non-hydrogen) atoms. The van der Waals surface area contributed by atoms with Crippen LogP contribution >= 0.6 is 23.4 Å². The van der Waals surface area contributed by atoms with Gasteiger partial charge in [-0.25, -0.2) is 0 Å². The molecule has 2 unspecified atom stereocenters. The van der Waals surface area contributed by atoms with E-state index in [0.717, 1.165) is 17.2 Å². The fourth-order valence-electron chi connectivity index (χ4n) is 1.58. The van der Waals surface area contributed by atoms with Gasteiger partial charge in [-0.05, 0) is 36.3 Å². The molecule has 0 aliphatic carbocycles. The lowest BCUT2D eigenvalue weighted by Crippen LogP contribution is -2.25. The highest BCUT2D eigenvalue weighted by atomic mass is 35.5. The second-order valence-electron chi connectivity index (χ2n) is 3.92. The molecule has 0 heterocycles. The van der Waals surface area contributed by atoms with Crippen LogP contribution in [0.2, 0.25) is 5.02 Å². The summed E-state index contributed by atoms with van der Waals surface area (Å²) in [5.41, 5.74) is 7.46. The zero-order valence-corrected chi connectivity index (χ0v) is 11.5. The number of thioether (sulfide) groups is 1. The van der Waals surface area contributed by atoms with Gasteiger partial charge in [0, 0.05) is 16.3 Å². The number of hydrogen-bond donors (Lipinski definition) is 1. The highest BCUT2D eigenvalue weighted by molar-refractivity contribution is 7.99. The van der Waals surface area contributed by atoms with Crippen LogP contribution in [-0.4, -0.2) is 11.8 Å². The molecular formula is C13H20ClNS. The summed E-state index contributed by atoms with van der Waals surface area (Å²) in [6.45, 7) is 4.34. The molecule has 90 valence electrons. The fourth-order valence-corrected chi connectivity index (χ4v) is 2.98. The SMILES string of the molecule is CCCSC(c1ccc(Cl)cc1)C(N)CC. The summed E-state index contributed by atoms with van der Waals surface area (Å²) in [4.78, 5) is 0. The molecule has 1 aromatic carbocycles. The third-order valence-corrected chi connectivity index (χ3v) is 4.44. The van der Waals surface area contributed by atoms with E-state index in [1.54, 1.807) is 0 Å². The first-order chi connectivity index (χ1) is 7.69. The Labute approximate surface area is 108 Å². The van der Waals surface area contributed by atoms with Gasteiger partial charge in [0.05, 0.1) is 0 Å². The second-order valence-corrected chi connectivity index (χ2v) is 5.60. The van der Waals surface area contributed by atoms with Crippen LogP contribution in [0.5, 0.6) is 0 Å². The maximum absolute atomic E-state index is 6.17. The van der Waals surface area contributed by atoms with E-state index >= 15 is 0 Å². The maximum Gasteiger partial charge on any atom is 0.0448 e. The summed E-state index contributed by atoms with van der Waals surface area (Å²) >= 11 is 7.84. The van der Waals surface area contributed by atoms with Crippen LogP contribution in [0.15, 0.2) is 24.3 Å². The van der Waals surface area contributed by atoms with Gasteiger partial charge in [-0.1, -0.05) is 37.6 Å². The van der Waals surface area contributed by atoms with Crippen molar-refractivity contribution in [2.45, 2.75) is 38.0 Å². The first-order valence-electron chi connectivity index (χ1n) is 5.81. The van der Waals surface area contributed by atoms with E-state index in [1.807, 2.05) is 23.9 Å². The highest BCUT2D eigenvalue weighted by Gasteiger charge is 2.18. The predicted octanol–water partition coefficient (Wildman–Crippen LogP) is 4.26. The monoisotopic (exact) mass is 257 g/mol. The van der Waals surface area contributed by atoms with Crippen LogP contribution in [0.1, 0.15) is 37.5 Å². The predicted molar refractivity (Wildman–Crippen MR) is 75.2 cm³/mol. The minimum absolute atomic E-state index is 0.220. The Morgan fingerprint density at radius 2 is 1.88 bits per heavy atom. The van der Waals surface area contributed by atoms with Gasteiger partial charge in [0.2, 0.25) is 0 Å². The van der Waals surface area contributed by atoms with Gasteiger partial charge >= 0.3 is 0 Å². The smallest absolute Gasteiger partial charge is 0.0448 e. The number of rotatable bonds is 6. The number of halogens is 1. The number of hydrogen-bond acceptors (Lipinski definition) is 2. The van der Waals surface area contributed by atoms with E-state index in [4.69, 9.17) is 17.3 Å². The topological polar surface area (TPSA) is 26.0 Å². The Morgan fingerprint density at radius 3 is 2.38 bits per heavy atom. The third kappa shape index (κ3) is 4.00. The zero-order valence-electron chi connectivity index (χ0n) is 9.95. The molecule has 0 aliphatic heterocycles. The van der Waals surface area contributed by atoms with Crippen LogP contribution in [0.4, 0.5) is 0 Å². The van der Waals surface area contributed by atoms with Crippen molar-refractivity contribution in [1.82, 2.24) is 0 Å². The summed E-state index contributed by atoms with van der Waals surface area (Å²) in [6, 6.07) is 8.28. The summed E-state index contributed by atoms with van der Waals surface area (Å²) in [6.07, 6.45) is 2.19. The van der Waals surface area contributed by atoms with E-state index in [-0.39, 0.29) is 6.04 Å². The standard InChI is InChI=1S/C13H20ClNS/c1-3-9-16-13(12(15)4-2)10-5-7-11(14)8-6-10/h5-8,12-13H,3-4,9,15H2,1-2H3. The lowest BCUT2D eigenvalue weighted by atomic mass is 10.0. The van der Waals surface area contributed by atoms with Crippen LogP contribution in [0.25, 0.3) is 0 Å². The van der Waals surface area contributed by atoms with Crippen LogP contribution in [0, 0.1) is 0 Å². The molecule has 1 aromatic rings. The first kappa shape index (κ1) is 13.9. The Kier molecular flexibility index (Phi) is 6.25. The molecule has 0 aliphatic rings. The molecule has 2 atom stereocenters. The second kappa shape index (κ2) is 7.21. The van der Waals surface area contributed by atoms with E-state index in [1.165, 1.54) is 12.0 Å². The van der Waals surface area contributed by atoms with Crippen molar-refractivity contribution in [2.24, 2.45) is 5.73 Å². The van der Waals surface area contributed by atoms with Gasteiger partial charge in [-0.15, -0.1) is 0 Å². The van der Waals surface area contributed by atoms with Crippen molar-refractivity contribution in [3.63, 3.8) is 0 Å². The summed E-state index contributed by atoms with van der Waals surface area (Å²) in [7, 11) is 0. The summed E-state index contributed by atoms with van der Waals surface area (Å²) in [5, 5.41) is 1.18. The number of benzene rings is 1. The lowest BCUT2D eigenvalue weighted by Gasteiger charge is -2.22. The van der Waals surface area contributed by atoms with Crippen LogP contribution in [-0.2, 0) is 0 Å². The molecule has 0 bridgehead atoms. The van der Waals surface area contributed by atoms with Crippen molar-refractivity contribution in [3.8, 4) is 0 Å². The molecule has 0 radical (unpaired) electrons.